The van der Waals surface area contributed by atoms with Crippen molar-refractivity contribution in [2.45, 2.75) is 66.0 Å². The summed E-state index contributed by atoms with van der Waals surface area (Å²) < 4.78 is 93.8. The van der Waals surface area contributed by atoms with Gasteiger partial charge in [0.1, 0.15) is 6.17 Å². The van der Waals surface area contributed by atoms with E-state index in [0.717, 1.165) is 6.92 Å². The van der Waals surface area contributed by atoms with E-state index in [-0.39, 0.29) is 6.42 Å². The first kappa shape index (κ1) is 20.5. The quantitative estimate of drug-likeness (QED) is 0.513. The van der Waals surface area contributed by atoms with Gasteiger partial charge in [0.05, 0.1) is 11.3 Å². The molecule has 0 N–H and O–H groups in total. The highest BCUT2D eigenvalue weighted by molar-refractivity contribution is 4.99. The fourth-order valence-electron chi connectivity index (χ4n) is 3.05. The normalized spacial score (nSPS) is 21.0. The van der Waals surface area contributed by atoms with Crippen molar-refractivity contribution >= 4 is 0 Å². The molecular weight excluding hydrogens is 301 g/mol. The van der Waals surface area contributed by atoms with Gasteiger partial charge >= 0.3 is 12.4 Å². The van der Waals surface area contributed by atoms with Gasteiger partial charge in [-0.2, -0.15) is 26.3 Å². The Labute approximate surface area is 121 Å². The summed E-state index contributed by atoms with van der Waals surface area (Å²) in [5.74, 6) is -5.20. The Bertz CT molecular complexity index is 318. The van der Waals surface area contributed by atoms with Crippen LogP contribution in [0.15, 0.2) is 0 Å². The number of halogens is 7. The molecule has 0 aromatic rings. The zero-order valence-electron chi connectivity index (χ0n) is 12.9. The van der Waals surface area contributed by atoms with Gasteiger partial charge in [-0.15, -0.1) is 0 Å². The molecule has 0 spiro atoms. The molecule has 0 aromatic heterocycles. The first-order valence-electron chi connectivity index (χ1n) is 7.00. The highest BCUT2D eigenvalue weighted by Crippen LogP contribution is 2.58. The van der Waals surface area contributed by atoms with Crippen LogP contribution in [0, 0.1) is 23.2 Å². The fraction of sp³-hybridized carbons (Fsp3) is 1.00. The number of rotatable bonds is 6. The van der Waals surface area contributed by atoms with Gasteiger partial charge in [0.25, 0.3) is 0 Å². The van der Waals surface area contributed by atoms with Gasteiger partial charge in [-0.05, 0) is 12.3 Å². The lowest BCUT2D eigenvalue weighted by molar-refractivity contribution is -0.318. The number of alkyl halides is 7. The minimum atomic E-state index is -5.13. The zero-order chi connectivity index (χ0) is 17.2. The molecule has 0 aliphatic heterocycles. The van der Waals surface area contributed by atoms with Gasteiger partial charge < -0.3 is 0 Å². The third kappa shape index (κ3) is 4.03. The Morgan fingerprint density at radius 1 is 0.857 bits per heavy atom. The van der Waals surface area contributed by atoms with Gasteiger partial charge in [0.2, 0.25) is 0 Å². The molecule has 0 radical (unpaired) electrons. The molecule has 0 heterocycles. The molecule has 7 heteroatoms. The minimum absolute atomic E-state index is 0.102. The van der Waals surface area contributed by atoms with E-state index in [2.05, 4.69) is 0 Å². The topological polar surface area (TPSA) is 0 Å². The SMILES string of the molecule is CCCC(C(C)[C@H](F)C(C)C)(C(C)C(F)(F)F)C(F)(F)F. The smallest absolute Gasteiger partial charge is 0.247 e. The molecule has 0 rings (SSSR count). The first-order chi connectivity index (χ1) is 9.23. The van der Waals surface area contributed by atoms with Crippen molar-refractivity contribution in [2.75, 3.05) is 0 Å². The van der Waals surface area contributed by atoms with Crippen LogP contribution >= 0.6 is 0 Å². The Balaban J connectivity index is 6.07. The van der Waals surface area contributed by atoms with Crippen LogP contribution in [0.2, 0.25) is 0 Å². The summed E-state index contributed by atoms with van der Waals surface area (Å²) in [5, 5.41) is 0. The van der Waals surface area contributed by atoms with Gasteiger partial charge in [0.15, 0.2) is 0 Å². The van der Waals surface area contributed by atoms with E-state index < -0.39 is 48.1 Å². The molecule has 0 aromatic carbocycles. The average molecular weight is 324 g/mol. The molecular formula is C14H23F7. The van der Waals surface area contributed by atoms with E-state index in [1.54, 1.807) is 0 Å². The third-order valence-corrected chi connectivity index (χ3v) is 4.38. The number of hydrogen-bond donors (Lipinski definition) is 0. The summed E-state index contributed by atoms with van der Waals surface area (Å²) in [4.78, 5) is 0. The second kappa shape index (κ2) is 6.73. The molecule has 3 unspecified atom stereocenters. The van der Waals surface area contributed by atoms with E-state index in [9.17, 15) is 30.7 Å². The van der Waals surface area contributed by atoms with Crippen molar-refractivity contribution in [1.82, 2.24) is 0 Å². The Hall–Kier alpha value is -0.490. The number of hydrogen-bond acceptors (Lipinski definition) is 0. The van der Waals surface area contributed by atoms with Crippen molar-refractivity contribution in [1.29, 1.82) is 0 Å². The largest absolute Gasteiger partial charge is 0.395 e. The first-order valence-corrected chi connectivity index (χ1v) is 7.00. The fourth-order valence-corrected chi connectivity index (χ4v) is 3.05. The maximum Gasteiger partial charge on any atom is 0.395 e. The minimum Gasteiger partial charge on any atom is -0.247 e. The molecule has 21 heavy (non-hydrogen) atoms. The summed E-state index contributed by atoms with van der Waals surface area (Å²) in [6, 6.07) is 0. The van der Waals surface area contributed by atoms with Crippen LogP contribution in [0.4, 0.5) is 30.7 Å². The zero-order valence-corrected chi connectivity index (χ0v) is 12.9. The van der Waals surface area contributed by atoms with E-state index in [0.29, 0.717) is 6.92 Å². The lowest BCUT2D eigenvalue weighted by Crippen LogP contribution is -2.55. The summed E-state index contributed by atoms with van der Waals surface area (Å²) in [6.07, 6.45) is -13.0. The van der Waals surface area contributed by atoms with E-state index in [4.69, 9.17) is 0 Å². The van der Waals surface area contributed by atoms with E-state index >= 15 is 0 Å². The second-order valence-corrected chi connectivity index (χ2v) is 6.03. The van der Waals surface area contributed by atoms with Crippen molar-refractivity contribution in [3.8, 4) is 0 Å². The predicted octanol–water partition coefficient (Wildman–Crippen LogP) is 6.16. The summed E-state index contributed by atoms with van der Waals surface area (Å²) in [6.45, 7) is 5.56. The van der Waals surface area contributed by atoms with Crippen LogP contribution in [-0.4, -0.2) is 18.5 Å². The maximum absolute atomic E-state index is 14.1. The summed E-state index contributed by atoms with van der Waals surface area (Å²) in [7, 11) is 0. The molecule has 4 atom stereocenters. The highest BCUT2D eigenvalue weighted by Gasteiger charge is 2.67. The van der Waals surface area contributed by atoms with Gasteiger partial charge in [0, 0.05) is 5.92 Å². The van der Waals surface area contributed by atoms with Crippen molar-refractivity contribution < 1.29 is 30.7 Å². The van der Waals surface area contributed by atoms with Crippen LogP contribution in [-0.2, 0) is 0 Å². The maximum atomic E-state index is 14.1. The summed E-state index contributed by atoms with van der Waals surface area (Å²) >= 11 is 0. The van der Waals surface area contributed by atoms with Gasteiger partial charge in [-0.3, -0.25) is 0 Å². The lowest BCUT2D eigenvalue weighted by Gasteiger charge is -2.47. The van der Waals surface area contributed by atoms with Crippen LogP contribution < -0.4 is 0 Å². The van der Waals surface area contributed by atoms with Crippen LogP contribution in [0.3, 0.4) is 0 Å². The molecule has 0 bridgehead atoms. The van der Waals surface area contributed by atoms with Crippen LogP contribution in [0.5, 0.6) is 0 Å². The molecule has 0 aliphatic carbocycles. The van der Waals surface area contributed by atoms with Crippen molar-refractivity contribution in [2.24, 2.45) is 23.2 Å². The van der Waals surface area contributed by atoms with Crippen LogP contribution in [0.1, 0.15) is 47.5 Å². The van der Waals surface area contributed by atoms with E-state index in [1.165, 1.54) is 20.8 Å². The Kier molecular flexibility index (Phi) is 6.58. The van der Waals surface area contributed by atoms with Gasteiger partial charge in [-0.1, -0.05) is 41.0 Å². The van der Waals surface area contributed by atoms with E-state index in [1.807, 2.05) is 0 Å². The molecule has 128 valence electrons. The second-order valence-electron chi connectivity index (χ2n) is 6.03. The molecule has 0 saturated carbocycles. The van der Waals surface area contributed by atoms with Crippen molar-refractivity contribution in [3.63, 3.8) is 0 Å². The average Bonchev–Trinajstić information content (AvgIpc) is 2.30. The molecule has 0 nitrogen and oxygen atoms in total. The van der Waals surface area contributed by atoms with Gasteiger partial charge in [-0.25, -0.2) is 4.39 Å². The molecule has 0 aliphatic rings. The van der Waals surface area contributed by atoms with Crippen molar-refractivity contribution in [3.05, 3.63) is 0 Å². The molecule has 0 fully saturated rings. The Morgan fingerprint density at radius 2 is 1.29 bits per heavy atom. The molecule has 0 amide bonds. The monoisotopic (exact) mass is 324 g/mol. The lowest BCUT2D eigenvalue weighted by atomic mass is 9.61. The van der Waals surface area contributed by atoms with Crippen LogP contribution in [0.25, 0.3) is 0 Å². The standard InChI is InChI=1S/C14H23F7/c1-6-7-12(14(19,20)21,10(5)13(16,17)18)9(4)11(15)8(2)3/h8-11H,6-7H2,1-5H3/t9?,10?,11-,12?/m1/s1. The molecule has 0 saturated heterocycles. The summed E-state index contributed by atoms with van der Waals surface area (Å²) in [5.41, 5.74) is -3.11. The highest BCUT2D eigenvalue weighted by atomic mass is 19.4. The Morgan fingerprint density at radius 3 is 1.52 bits per heavy atom. The third-order valence-electron chi connectivity index (χ3n) is 4.38. The predicted molar refractivity (Wildman–Crippen MR) is 67.5 cm³/mol.